The van der Waals surface area contributed by atoms with Crippen molar-refractivity contribution in [3.05, 3.63) is 33.9 Å². The number of anilines is 1. The van der Waals surface area contributed by atoms with Crippen LogP contribution < -0.4 is 5.32 Å². The third-order valence-electron chi connectivity index (χ3n) is 2.54. The number of nitrogens with zero attached hydrogens (tertiary/aromatic N) is 1. The lowest BCUT2D eigenvalue weighted by Gasteiger charge is -2.06. The van der Waals surface area contributed by atoms with E-state index in [-0.39, 0.29) is 31.0 Å². The fourth-order valence-corrected chi connectivity index (χ4v) is 1.61. The van der Waals surface area contributed by atoms with Crippen molar-refractivity contribution in [1.82, 2.24) is 0 Å². The second-order valence-corrected chi connectivity index (χ2v) is 4.11. The van der Waals surface area contributed by atoms with Crippen molar-refractivity contribution in [2.24, 2.45) is 0 Å². The predicted octanol–water partition coefficient (Wildman–Crippen LogP) is 2.19. The molecule has 7 nitrogen and oxygen atoms in total. The fraction of sp³-hybridized carbons (Fsp3) is 0.385. The molecular weight excluding hydrogens is 264 g/mol. The molecule has 0 aromatic heterocycles. The number of carbonyl (C=O) groups is 2. The quantitative estimate of drug-likeness (QED) is 0.489. The average Bonchev–Trinajstić information content (AvgIpc) is 2.36. The average molecular weight is 280 g/mol. The summed E-state index contributed by atoms with van der Waals surface area (Å²) < 4.78 is 4.71. The Morgan fingerprint density at radius 3 is 2.60 bits per heavy atom. The first-order chi connectivity index (χ1) is 9.43. The zero-order valence-electron chi connectivity index (χ0n) is 11.3. The molecule has 1 aromatic rings. The summed E-state index contributed by atoms with van der Waals surface area (Å²) in [5.74, 6) is -0.770. The van der Waals surface area contributed by atoms with Gasteiger partial charge < -0.3 is 10.1 Å². The van der Waals surface area contributed by atoms with E-state index >= 15 is 0 Å². The maximum atomic E-state index is 11.6. The van der Waals surface area contributed by atoms with Crippen molar-refractivity contribution in [1.29, 1.82) is 0 Å². The van der Waals surface area contributed by atoms with Gasteiger partial charge in [0.2, 0.25) is 5.91 Å². The summed E-state index contributed by atoms with van der Waals surface area (Å²) in [5.41, 5.74) is 0.912. The molecule has 0 spiro atoms. The minimum Gasteiger partial charge on any atom is -0.466 e. The molecule has 1 rings (SSSR count). The number of nitrogens with one attached hydrogen (secondary N) is 1. The van der Waals surface area contributed by atoms with E-state index < -0.39 is 10.9 Å². The minimum atomic E-state index is -0.484. The Labute approximate surface area is 116 Å². The first-order valence-corrected chi connectivity index (χ1v) is 6.14. The molecule has 0 fully saturated rings. The lowest BCUT2D eigenvalue weighted by Crippen LogP contribution is -2.14. The van der Waals surface area contributed by atoms with Crippen LogP contribution in [0.25, 0.3) is 0 Å². The number of benzene rings is 1. The monoisotopic (exact) mass is 280 g/mol. The first kappa shape index (κ1) is 15.6. The third-order valence-corrected chi connectivity index (χ3v) is 2.54. The molecule has 0 saturated carbocycles. The van der Waals surface area contributed by atoms with Crippen LogP contribution in [0.4, 0.5) is 11.4 Å². The Morgan fingerprint density at radius 1 is 1.35 bits per heavy atom. The van der Waals surface area contributed by atoms with Gasteiger partial charge in [-0.2, -0.15) is 0 Å². The van der Waals surface area contributed by atoms with Gasteiger partial charge >= 0.3 is 5.97 Å². The van der Waals surface area contributed by atoms with Crippen LogP contribution in [0.1, 0.15) is 25.3 Å². The van der Waals surface area contributed by atoms with Crippen LogP contribution in [0.3, 0.4) is 0 Å². The zero-order chi connectivity index (χ0) is 15.1. The Morgan fingerprint density at radius 2 is 2.05 bits per heavy atom. The Bertz CT molecular complexity index is 527. The SMILES string of the molecule is CCOC(=O)CCC(=O)Nc1ccc([N+](=O)[O-])c(C)c1. The van der Waals surface area contributed by atoms with Crippen LogP contribution in [0.15, 0.2) is 18.2 Å². The lowest BCUT2D eigenvalue weighted by molar-refractivity contribution is -0.385. The largest absolute Gasteiger partial charge is 0.466 e. The zero-order valence-corrected chi connectivity index (χ0v) is 11.3. The van der Waals surface area contributed by atoms with Crippen molar-refractivity contribution in [2.45, 2.75) is 26.7 Å². The summed E-state index contributed by atoms with van der Waals surface area (Å²) in [6, 6.07) is 4.30. The van der Waals surface area contributed by atoms with E-state index in [2.05, 4.69) is 5.32 Å². The highest BCUT2D eigenvalue weighted by Gasteiger charge is 2.12. The third kappa shape index (κ3) is 4.68. The van der Waals surface area contributed by atoms with E-state index in [1.54, 1.807) is 13.8 Å². The van der Waals surface area contributed by atoms with E-state index in [9.17, 15) is 19.7 Å². The Balaban J connectivity index is 2.56. The first-order valence-electron chi connectivity index (χ1n) is 6.14. The van der Waals surface area contributed by atoms with Gasteiger partial charge in [-0.3, -0.25) is 19.7 Å². The van der Waals surface area contributed by atoms with Gasteiger partial charge in [-0.25, -0.2) is 0 Å². The highest BCUT2D eigenvalue weighted by Crippen LogP contribution is 2.21. The van der Waals surface area contributed by atoms with Crippen molar-refractivity contribution < 1.29 is 19.2 Å². The van der Waals surface area contributed by atoms with E-state index in [4.69, 9.17) is 4.74 Å². The summed E-state index contributed by atoms with van der Waals surface area (Å²) >= 11 is 0. The molecule has 7 heteroatoms. The van der Waals surface area contributed by atoms with E-state index in [1.807, 2.05) is 0 Å². The molecule has 1 amide bonds. The molecule has 0 aliphatic heterocycles. The molecule has 108 valence electrons. The van der Waals surface area contributed by atoms with Gasteiger partial charge in [0.25, 0.3) is 5.69 Å². The van der Waals surface area contributed by atoms with Gasteiger partial charge in [0.05, 0.1) is 18.0 Å². The van der Waals surface area contributed by atoms with Crippen LogP contribution in [-0.2, 0) is 14.3 Å². The van der Waals surface area contributed by atoms with Crippen LogP contribution >= 0.6 is 0 Å². The van der Waals surface area contributed by atoms with Crippen molar-refractivity contribution in [3.63, 3.8) is 0 Å². The van der Waals surface area contributed by atoms with Crippen molar-refractivity contribution in [2.75, 3.05) is 11.9 Å². The van der Waals surface area contributed by atoms with Gasteiger partial charge in [-0.05, 0) is 26.0 Å². The Kier molecular flexibility index (Phi) is 5.64. The molecule has 0 saturated heterocycles. The number of ether oxygens (including phenoxy) is 1. The van der Waals surface area contributed by atoms with Crippen molar-refractivity contribution >= 4 is 23.3 Å². The molecule has 20 heavy (non-hydrogen) atoms. The molecule has 0 bridgehead atoms. The number of carbonyl (C=O) groups excluding carboxylic acids is 2. The van der Waals surface area contributed by atoms with E-state index in [1.165, 1.54) is 18.2 Å². The maximum Gasteiger partial charge on any atom is 0.306 e. The number of esters is 1. The standard InChI is InChI=1S/C13H16N2O5/c1-3-20-13(17)7-6-12(16)14-10-4-5-11(15(18)19)9(2)8-10/h4-5,8H,3,6-7H2,1-2H3,(H,14,16). The number of nitro benzene ring substituents is 1. The number of hydrogen-bond donors (Lipinski definition) is 1. The normalized spacial score (nSPS) is 9.90. The van der Waals surface area contributed by atoms with Crippen LogP contribution in [0.2, 0.25) is 0 Å². The van der Waals surface area contributed by atoms with Crippen LogP contribution in [0, 0.1) is 17.0 Å². The van der Waals surface area contributed by atoms with Crippen LogP contribution in [0.5, 0.6) is 0 Å². The van der Waals surface area contributed by atoms with Gasteiger partial charge in [0, 0.05) is 23.7 Å². The van der Waals surface area contributed by atoms with Gasteiger partial charge in [-0.1, -0.05) is 0 Å². The van der Waals surface area contributed by atoms with Gasteiger partial charge in [-0.15, -0.1) is 0 Å². The topological polar surface area (TPSA) is 98.5 Å². The highest BCUT2D eigenvalue weighted by molar-refractivity contribution is 5.92. The summed E-state index contributed by atoms with van der Waals surface area (Å²) in [7, 11) is 0. The number of nitro groups is 1. The van der Waals surface area contributed by atoms with Gasteiger partial charge in [0.1, 0.15) is 0 Å². The molecule has 0 aliphatic carbocycles. The number of aryl methyl sites for hydroxylation is 1. The Hall–Kier alpha value is -2.44. The van der Waals surface area contributed by atoms with Crippen molar-refractivity contribution in [3.8, 4) is 0 Å². The smallest absolute Gasteiger partial charge is 0.306 e. The summed E-state index contributed by atoms with van der Waals surface area (Å²) in [5, 5.41) is 13.2. The lowest BCUT2D eigenvalue weighted by atomic mass is 10.2. The molecular formula is C13H16N2O5. The van der Waals surface area contributed by atoms with E-state index in [0.717, 1.165) is 0 Å². The molecule has 0 atom stereocenters. The number of hydrogen-bond acceptors (Lipinski definition) is 5. The predicted molar refractivity (Wildman–Crippen MR) is 72.3 cm³/mol. The molecule has 0 radical (unpaired) electrons. The summed E-state index contributed by atoms with van der Waals surface area (Å²) in [4.78, 5) is 32.9. The molecule has 0 heterocycles. The number of amides is 1. The minimum absolute atomic E-state index is 0.00507. The fourth-order valence-electron chi connectivity index (χ4n) is 1.61. The molecule has 1 aromatic carbocycles. The molecule has 1 N–H and O–H groups in total. The second-order valence-electron chi connectivity index (χ2n) is 4.11. The highest BCUT2D eigenvalue weighted by atomic mass is 16.6. The second kappa shape index (κ2) is 7.22. The van der Waals surface area contributed by atoms with Crippen LogP contribution in [-0.4, -0.2) is 23.4 Å². The van der Waals surface area contributed by atoms with Gasteiger partial charge in [0.15, 0.2) is 0 Å². The number of rotatable bonds is 6. The summed E-state index contributed by atoms with van der Waals surface area (Å²) in [6.07, 6.45) is 0.0144. The summed E-state index contributed by atoms with van der Waals surface area (Å²) in [6.45, 7) is 3.56. The molecule has 0 unspecified atom stereocenters. The molecule has 0 aliphatic rings. The van der Waals surface area contributed by atoms with E-state index in [0.29, 0.717) is 11.3 Å². The maximum absolute atomic E-state index is 11.6.